The van der Waals surface area contributed by atoms with E-state index in [1.807, 2.05) is 6.07 Å². The highest BCUT2D eigenvalue weighted by molar-refractivity contribution is 5.89. The molecule has 1 heterocycles. The summed E-state index contributed by atoms with van der Waals surface area (Å²) >= 11 is 0. The van der Waals surface area contributed by atoms with Crippen LogP contribution in [0, 0.1) is 34.5 Å². The number of piperidine rings is 1. The van der Waals surface area contributed by atoms with Crippen molar-refractivity contribution in [1.29, 1.82) is 0 Å². The summed E-state index contributed by atoms with van der Waals surface area (Å²) in [7, 11) is 6.74. The van der Waals surface area contributed by atoms with Crippen LogP contribution < -0.4 is 0 Å². The van der Waals surface area contributed by atoms with Crippen molar-refractivity contribution in [2.75, 3.05) is 48.1 Å². The van der Waals surface area contributed by atoms with Crippen LogP contribution in [0.3, 0.4) is 0 Å². The van der Waals surface area contributed by atoms with Crippen LogP contribution >= 0.6 is 0 Å². The van der Waals surface area contributed by atoms with Gasteiger partial charge in [0.1, 0.15) is 23.9 Å². The lowest BCUT2D eigenvalue weighted by Crippen LogP contribution is -2.81. The predicted molar refractivity (Wildman–Crippen MR) is 233 cm³/mol. The lowest BCUT2D eigenvalue weighted by molar-refractivity contribution is -0.318. The Balaban J connectivity index is 1.16. The number of hydrogen-bond donors (Lipinski definition) is 2. The zero-order chi connectivity index (χ0) is 43.4. The van der Waals surface area contributed by atoms with Crippen molar-refractivity contribution in [3.05, 3.63) is 35.9 Å². The number of methoxy groups -OCH3 is 4. The van der Waals surface area contributed by atoms with E-state index in [4.69, 9.17) is 28.4 Å². The van der Waals surface area contributed by atoms with Gasteiger partial charge in [-0.15, -0.1) is 0 Å². The zero-order valence-corrected chi connectivity index (χ0v) is 38.3. The molecule has 11 nitrogen and oxygen atoms in total. The highest BCUT2D eigenvalue weighted by atomic mass is 16.6. The first-order valence-corrected chi connectivity index (χ1v) is 24.3. The van der Waals surface area contributed by atoms with Gasteiger partial charge < -0.3 is 38.6 Å². The molecule has 1 saturated heterocycles. The average Bonchev–Trinajstić information content (AvgIpc) is 3.64. The number of aliphatic hydroxyl groups is 2. The second kappa shape index (κ2) is 20.0. The number of rotatable bonds is 25. The Labute approximate surface area is 366 Å². The normalized spacial score (nSPS) is 39.3. The summed E-state index contributed by atoms with van der Waals surface area (Å²) in [4.78, 5) is 31.2. The number of hydrogen-bond acceptors (Lipinski definition) is 11. The van der Waals surface area contributed by atoms with Crippen molar-refractivity contribution >= 4 is 11.9 Å². The molecule has 5 aliphatic carbocycles. The van der Waals surface area contributed by atoms with Crippen LogP contribution in [-0.2, 0) is 33.2 Å². The second-order valence-electron chi connectivity index (χ2n) is 19.9. The molecule has 1 aromatic rings. The molecule has 1 spiro atoms. The van der Waals surface area contributed by atoms with Crippen molar-refractivity contribution in [2.24, 2.45) is 34.5 Å². The summed E-state index contributed by atoms with van der Waals surface area (Å²) < 4.78 is 39.1. The molecule has 61 heavy (non-hydrogen) atoms. The lowest BCUT2D eigenvalue weighted by Gasteiger charge is -2.69. The summed E-state index contributed by atoms with van der Waals surface area (Å²) in [5, 5.41) is 26.1. The molecule has 11 heteroatoms. The van der Waals surface area contributed by atoms with Crippen molar-refractivity contribution in [3.8, 4) is 0 Å². The highest BCUT2D eigenvalue weighted by Gasteiger charge is 2.91. The molecule has 2 unspecified atom stereocenters. The smallest absolute Gasteiger partial charge is 0.338 e. The van der Waals surface area contributed by atoms with Crippen molar-refractivity contribution in [3.63, 3.8) is 0 Å². The zero-order valence-electron chi connectivity index (χ0n) is 38.3. The number of fused-ring (bicyclic) bond motifs is 2. The van der Waals surface area contributed by atoms with Gasteiger partial charge >= 0.3 is 11.9 Å². The lowest BCUT2D eigenvalue weighted by atomic mass is 9.43. The monoisotopic (exact) mass is 854 g/mol. The average molecular weight is 854 g/mol. The maximum absolute atomic E-state index is 14.6. The summed E-state index contributed by atoms with van der Waals surface area (Å²) in [6.45, 7) is 6.42. The molecule has 14 atom stereocenters. The Hall–Kier alpha value is -2.12. The number of nitrogens with zero attached hydrogens (tertiary/aromatic N) is 1. The maximum atomic E-state index is 14.6. The van der Waals surface area contributed by atoms with Crippen LogP contribution in [0.2, 0.25) is 0 Å². The van der Waals surface area contributed by atoms with E-state index >= 15 is 0 Å². The van der Waals surface area contributed by atoms with E-state index in [9.17, 15) is 19.8 Å². The van der Waals surface area contributed by atoms with Gasteiger partial charge in [0.2, 0.25) is 0 Å². The number of carbonyl (C=O) groups excluding carboxylic acids is 2. The molecular weight excluding hydrogens is 775 g/mol. The molecule has 5 saturated carbocycles. The molecule has 344 valence electrons. The third kappa shape index (κ3) is 7.84. The summed E-state index contributed by atoms with van der Waals surface area (Å²) in [6, 6.07) is 8.57. The molecule has 0 amide bonds. The molecular formula is C50H79NO10. The van der Waals surface area contributed by atoms with E-state index in [2.05, 4.69) is 18.7 Å². The minimum atomic E-state index is -1.77. The minimum Gasteiger partial charge on any atom is -0.455 e. The third-order valence-corrected chi connectivity index (χ3v) is 17.0. The van der Waals surface area contributed by atoms with E-state index in [-0.39, 0.29) is 48.2 Å². The fraction of sp³-hybridized carbons (Fsp3) is 0.840. The first-order chi connectivity index (χ1) is 29.6. The van der Waals surface area contributed by atoms with E-state index in [1.54, 1.807) is 45.6 Å². The number of carbonyl (C=O) groups is 2. The number of ether oxygens (including phenoxy) is 6. The molecule has 7 bridgehead atoms. The van der Waals surface area contributed by atoms with Crippen LogP contribution in [-0.4, -0.2) is 123 Å². The SMILES string of the molecule is CCCCCCCCCCCCCCCCCC(=O)O[C@]12C(O)[C@H](OC)[C@]3(O)C[C@H]([C@@H]1[C@H]3OC(=O)c1ccccc1)[C@@]13C(OC)CC[C@@]4(COC)CN(CC)[C@@H]1[C@@H]2[C@H](OC)[C@H]43. The van der Waals surface area contributed by atoms with Gasteiger partial charge in [0.15, 0.2) is 5.60 Å². The van der Waals surface area contributed by atoms with Gasteiger partial charge in [0.25, 0.3) is 0 Å². The Kier molecular flexibility index (Phi) is 15.3. The number of likely N-dealkylation sites (tertiary alicyclic amines) is 1. The molecule has 0 aromatic heterocycles. The minimum absolute atomic E-state index is 0.107. The van der Waals surface area contributed by atoms with Crippen molar-refractivity contribution in [1.82, 2.24) is 4.90 Å². The van der Waals surface area contributed by atoms with Gasteiger partial charge in [-0.1, -0.05) is 122 Å². The van der Waals surface area contributed by atoms with Gasteiger partial charge in [-0.3, -0.25) is 9.69 Å². The van der Waals surface area contributed by atoms with E-state index < -0.39 is 58.8 Å². The highest BCUT2D eigenvalue weighted by Crippen LogP contribution is 2.80. The quantitative estimate of drug-likeness (QED) is 0.0735. The van der Waals surface area contributed by atoms with Gasteiger partial charge in [-0.2, -0.15) is 0 Å². The van der Waals surface area contributed by atoms with Gasteiger partial charge in [-0.25, -0.2) is 4.79 Å². The summed E-state index contributed by atoms with van der Waals surface area (Å²) in [5.41, 5.74) is -3.96. The number of esters is 2. The van der Waals surface area contributed by atoms with Gasteiger partial charge in [0.05, 0.1) is 24.4 Å². The Morgan fingerprint density at radius 3 is 1.97 bits per heavy atom. The molecule has 6 fully saturated rings. The first kappa shape index (κ1) is 46.9. The van der Waals surface area contributed by atoms with Gasteiger partial charge in [-0.05, 0) is 50.3 Å². The standard InChI is InChI=1S/C50H79NO10/c1-7-9-10-11-12-13-14-15-16-17-18-19-20-21-25-28-37(52)61-50-38-35(31-48(55,45(59-6)43(50)53)44(38)60-46(54)34-26-23-22-24-27-34)49-36(57-4)29-30-47(33-56-3)32-51(8-2)42(49)39(50)40(58-5)41(47)49/h22-24,26-27,35-36,38-45,53,55H,7-21,25,28-33H2,1-6H3/t35-,36?,38-,39+,40+,41-,42-,43?,44-,45+,47+,48+,49+,50-/m1/s1. The number of benzene rings is 1. The maximum Gasteiger partial charge on any atom is 0.338 e. The third-order valence-electron chi connectivity index (χ3n) is 17.0. The van der Waals surface area contributed by atoms with E-state index in [0.717, 1.165) is 45.2 Å². The van der Waals surface area contributed by atoms with Crippen LogP contribution in [0.15, 0.2) is 30.3 Å². The van der Waals surface area contributed by atoms with Crippen LogP contribution in [0.1, 0.15) is 146 Å². The predicted octanol–water partition coefficient (Wildman–Crippen LogP) is 7.92. The Bertz CT molecular complexity index is 1600. The Morgan fingerprint density at radius 2 is 1.41 bits per heavy atom. The second-order valence-corrected chi connectivity index (χ2v) is 19.9. The number of aliphatic hydroxyl groups excluding tert-OH is 1. The van der Waals surface area contributed by atoms with Gasteiger partial charge in [0, 0.05) is 76.0 Å². The molecule has 1 aliphatic heterocycles. The van der Waals surface area contributed by atoms with Crippen molar-refractivity contribution in [2.45, 2.75) is 184 Å². The van der Waals surface area contributed by atoms with E-state index in [0.29, 0.717) is 18.6 Å². The molecule has 2 N–H and O–H groups in total. The topological polar surface area (TPSA) is 133 Å². The van der Waals surface area contributed by atoms with Crippen LogP contribution in [0.5, 0.6) is 0 Å². The molecule has 1 aromatic carbocycles. The Morgan fingerprint density at radius 1 is 0.787 bits per heavy atom. The van der Waals surface area contributed by atoms with Crippen LogP contribution in [0.4, 0.5) is 0 Å². The fourth-order valence-electron chi connectivity index (χ4n) is 15.0. The van der Waals surface area contributed by atoms with E-state index in [1.165, 1.54) is 77.7 Å². The number of unbranched alkanes of at least 4 members (excludes halogenated alkanes) is 14. The van der Waals surface area contributed by atoms with Crippen molar-refractivity contribution < 1.29 is 48.2 Å². The largest absolute Gasteiger partial charge is 0.455 e. The summed E-state index contributed by atoms with van der Waals surface area (Å²) in [6.07, 6.45) is 16.0. The molecule has 0 radical (unpaired) electrons. The van der Waals surface area contributed by atoms with Crippen LogP contribution in [0.25, 0.3) is 0 Å². The first-order valence-electron chi connectivity index (χ1n) is 24.3. The summed E-state index contributed by atoms with van der Waals surface area (Å²) in [5.74, 6) is -2.76. The molecule has 7 rings (SSSR count). The molecule has 6 aliphatic rings. The fourth-order valence-corrected chi connectivity index (χ4v) is 15.0.